The minimum absolute atomic E-state index is 0.538. The summed E-state index contributed by atoms with van der Waals surface area (Å²) < 4.78 is 10.6. The molecule has 7 nitrogen and oxygen atoms in total. The minimum Gasteiger partial charge on any atom is -0.400 e. The molecular weight excluding hydrogens is 290 g/mol. The van der Waals surface area contributed by atoms with E-state index < -0.39 is 0 Å². The van der Waals surface area contributed by atoms with Crippen LogP contribution in [0.25, 0.3) is 0 Å². The molecule has 0 aromatic carbocycles. The van der Waals surface area contributed by atoms with Crippen molar-refractivity contribution in [3.63, 3.8) is 0 Å². The van der Waals surface area contributed by atoms with Gasteiger partial charge in [-0.1, -0.05) is 0 Å². The predicted octanol–water partition coefficient (Wildman–Crippen LogP) is -0.997. The van der Waals surface area contributed by atoms with E-state index in [2.05, 4.69) is 4.90 Å². The quantitative estimate of drug-likeness (QED) is 0.253. The van der Waals surface area contributed by atoms with Gasteiger partial charge in [0.2, 0.25) is 0 Å². The third-order valence-corrected chi connectivity index (χ3v) is 3.91. The van der Waals surface area contributed by atoms with Crippen molar-refractivity contribution in [2.24, 2.45) is 17.3 Å². The molecule has 0 unspecified atom stereocenters. The first-order chi connectivity index (χ1) is 10.2. The van der Waals surface area contributed by atoms with Crippen LogP contribution in [0.1, 0.15) is 0 Å². The molecule has 1 rings (SSSR count). The summed E-state index contributed by atoms with van der Waals surface area (Å²) in [5.74, 6) is 8.23. The molecule has 1 aliphatic rings. The number of hydrogen-bond donors (Lipinski definition) is 3. The van der Waals surface area contributed by atoms with Gasteiger partial charge in [-0.05, 0) is 0 Å². The molecule has 1 heterocycles. The second-order valence-electron chi connectivity index (χ2n) is 4.84. The molecule has 0 amide bonds. The highest BCUT2D eigenvalue weighted by molar-refractivity contribution is 7.99. The molecule has 0 bridgehead atoms. The fourth-order valence-corrected chi connectivity index (χ4v) is 2.89. The number of nitrogens with zero attached hydrogens (tertiary/aromatic N) is 2. The van der Waals surface area contributed by atoms with Crippen LogP contribution in [-0.2, 0) is 9.47 Å². The Labute approximate surface area is 131 Å². The van der Waals surface area contributed by atoms with E-state index in [1.54, 1.807) is 11.2 Å². The van der Waals surface area contributed by atoms with Crippen LogP contribution in [0.2, 0.25) is 0 Å². The molecule has 0 radical (unpaired) electrons. The molecule has 1 fully saturated rings. The van der Waals surface area contributed by atoms with Crippen molar-refractivity contribution >= 4 is 11.8 Å². The van der Waals surface area contributed by atoms with Crippen molar-refractivity contribution in [2.75, 3.05) is 70.7 Å². The van der Waals surface area contributed by atoms with Crippen molar-refractivity contribution in [1.82, 2.24) is 9.91 Å². The van der Waals surface area contributed by atoms with Crippen LogP contribution in [0.4, 0.5) is 0 Å². The Bertz CT molecular complexity index is 288. The summed E-state index contributed by atoms with van der Waals surface area (Å²) in [4.78, 5) is 2.35. The Hall–Kier alpha value is -0.510. The van der Waals surface area contributed by atoms with Gasteiger partial charge >= 0.3 is 0 Å². The Morgan fingerprint density at radius 2 is 1.81 bits per heavy atom. The lowest BCUT2D eigenvalue weighted by atomic mass is 10.4. The van der Waals surface area contributed by atoms with E-state index >= 15 is 0 Å². The summed E-state index contributed by atoms with van der Waals surface area (Å²) >= 11 is 1.99. The van der Waals surface area contributed by atoms with Crippen LogP contribution in [0.5, 0.6) is 0 Å². The first-order valence-corrected chi connectivity index (χ1v) is 8.51. The smallest absolute Gasteiger partial charge is 0.0701 e. The van der Waals surface area contributed by atoms with Gasteiger partial charge < -0.3 is 25.9 Å². The number of hydrazine groups is 1. The first kappa shape index (κ1) is 18.5. The lowest BCUT2D eigenvalue weighted by Gasteiger charge is -2.26. The summed E-state index contributed by atoms with van der Waals surface area (Å²) in [7, 11) is 0. The van der Waals surface area contributed by atoms with Crippen LogP contribution in [0.3, 0.4) is 0 Å². The predicted molar refractivity (Wildman–Crippen MR) is 87.6 cm³/mol. The van der Waals surface area contributed by atoms with Gasteiger partial charge in [-0.25, -0.2) is 5.84 Å². The van der Waals surface area contributed by atoms with Crippen LogP contribution >= 0.6 is 11.8 Å². The van der Waals surface area contributed by atoms with Gasteiger partial charge in [0, 0.05) is 49.6 Å². The Morgan fingerprint density at radius 1 is 1.14 bits per heavy atom. The largest absolute Gasteiger partial charge is 0.400 e. The fraction of sp³-hybridized carbons (Fsp3) is 0.846. The number of rotatable bonds is 11. The van der Waals surface area contributed by atoms with E-state index in [-0.39, 0.29) is 0 Å². The van der Waals surface area contributed by atoms with Gasteiger partial charge in [-0.2, -0.15) is 11.8 Å². The molecular formula is C13H29N5O2S. The zero-order valence-electron chi connectivity index (χ0n) is 12.7. The molecule has 0 aromatic rings. The third-order valence-electron chi connectivity index (χ3n) is 2.97. The number of hydrogen-bond acceptors (Lipinski definition) is 8. The first-order valence-electron chi connectivity index (χ1n) is 7.35. The maximum absolute atomic E-state index is 6.01. The highest BCUT2D eigenvalue weighted by atomic mass is 32.2. The van der Waals surface area contributed by atoms with Crippen LogP contribution in [0, 0.1) is 0 Å². The van der Waals surface area contributed by atoms with Gasteiger partial charge in [0.1, 0.15) is 0 Å². The summed E-state index contributed by atoms with van der Waals surface area (Å²) in [6, 6.07) is 0. The molecule has 1 saturated heterocycles. The average molecular weight is 319 g/mol. The molecule has 0 aliphatic carbocycles. The van der Waals surface area contributed by atoms with E-state index in [0.29, 0.717) is 39.5 Å². The highest BCUT2D eigenvalue weighted by Gasteiger charge is 2.10. The average Bonchev–Trinajstić information content (AvgIpc) is 2.47. The summed E-state index contributed by atoms with van der Waals surface area (Å²) in [6.07, 6.45) is 1.79. The molecule has 1 aliphatic heterocycles. The molecule has 0 saturated carbocycles. The Kier molecular flexibility index (Phi) is 10.7. The zero-order valence-corrected chi connectivity index (χ0v) is 13.5. The van der Waals surface area contributed by atoms with E-state index in [4.69, 9.17) is 26.8 Å². The van der Waals surface area contributed by atoms with Crippen molar-refractivity contribution in [3.05, 3.63) is 11.9 Å². The molecule has 0 spiro atoms. The summed E-state index contributed by atoms with van der Waals surface area (Å²) in [5, 5.41) is 1.58. The molecule has 0 atom stereocenters. The van der Waals surface area contributed by atoms with E-state index in [0.717, 1.165) is 25.3 Å². The fourth-order valence-electron chi connectivity index (χ4n) is 1.91. The number of thioether (sulfide) groups is 1. The standard InChI is InChI=1S/C13H29N5O2S/c14-1-5-19-7-8-20-6-2-18(16)12-13(15)11-17-3-9-21-10-4-17/h12H,1-11,14-16H2/b13-12-. The van der Waals surface area contributed by atoms with Gasteiger partial charge in [0.15, 0.2) is 0 Å². The Morgan fingerprint density at radius 3 is 2.48 bits per heavy atom. The normalized spacial score (nSPS) is 17.1. The molecule has 6 N–H and O–H groups in total. The lowest BCUT2D eigenvalue weighted by molar-refractivity contribution is 0.0450. The zero-order chi connectivity index (χ0) is 15.3. The summed E-state index contributed by atoms with van der Waals surface area (Å²) in [5.41, 5.74) is 12.1. The molecule has 21 heavy (non-hydrogen) atoms. The van der Waals surface area contributed by atoms with Crippen molar-refractivity contribution in [2.45, 2.75) is 0 Å². The van der Waals surface area contributed by atoms with E-state index in [9.17, 15) is 0 Å². The number of nitrogens with two attached hydrogens (primary N) is 3. The minimum atomic E-state index is 0.538. The van der Waals surface area contributed by atoms with Gasteiger partial charge in [-0.3, -0.25) is 4.90 Å². The lowest BCUT2D eigenvalue weighted by Crippen LogP contribution is -2.37. The molecule has 8 heteroatoms. The van der Waals surface area contributed by atoms with Crippen molar-refractivity contribution < 1.29 is 9.47 Å². The molecule has 124 valence electrons. The van der Waals surface area contributed by atoms with E-state index in [1.807, 2.05) is 11.8 Å². The number of ether oxygens (including phenoxy) is 2. The monoisotopic (exact) mass is 319 g/mol. The van der Waals surface area contributed by atoms with Crippen molar-refractivity contribution in [3.8, 4) is 0 Å². The van der Waals surface area contributed by atoms with E-state index in [1.165, 1.54) is 11.5 Å². The third kappa shape index (κ3) is 9.94. The second-order valence-corrected chi connectivity index (χ2v) is 6.07. The maximum Gasteiger partial charge on any atom is 0.0701 e. The maximum atomic E-state index is 6.01. The molecule has 0 aromatic heterocycles. The van der Waals surface area contributed by atoms with Crippen LogP contribution in [-0.4, -0.2) is 80.6 Å². The van der Waals surface area contributed by atoms with Gasteiger partial charge in [-0.15, -0.1) is 0 Å². The SMILES string of the molecule is NCCOCCOCCN(N)/C=C(\N)CN1CCSCC1. The Balaban J connectivity index is 2.04. The summed E-state index contributed by atoms with van der Waals surface area (Å²) in [6.45, 7) is 6.34. The van der Waals surface area contributed by atoms with Crippen LogP contribution < -0.4 is 17.3 Å². The van der Waals surface area contributed by atoms with Gasteiger partial charge in [0.25, 0.3) is 0 Å². The van der Waals surface area contributed by atoms with Crippen molar-refractivity contribution in [1.29, 1.82) is 0 Å². The topological polar surface area (TPSA) is 103 Å². The highest BCUT2D eigenvalue weighted by Crippen LogP contribution is 2.09. The second kappa shape index (κ2) is 12.1. The van der Waals surface area contributed by atoms with Crippen LogP contribution in [0.15, 0.2) is 11.9 Å². The van der Waals surface area contributed by atoms with Gasteiger partial charge in [0.05, 0.1) is 33.0 Å².